The first-order valence-electron chi connectivity index (χ1n) is 6.03. The third-order valence-corrected chi connectivity index (χ3v) is 3.58. The molecule has 18 heavy (non-hydrogen) atoms. The van der Waals surface area contributed by atoms with Crippen molar-refractivity contribution >= 4 is 5.91 Å². The quantitative estimate of drug-likeness (QED) is 0.817. The van der Waals surface area contributed by atoms with Crippen LogP contribution in [0.4, 0.5) is 0 Å². The number of carbonyl (C=O) groups is 1. The molecular weight excluding hydrogens is 230 g/mol. The number of likely N-dealkylation sites (N-methyl/N-ethyl adjacent to an activating group) is 1. The molecule has 98 valence electrons. The lowest BCUT2D eigenvalue weighted by atomic mass is 9.77. The van der Waals surface area contributed by atoms with E-state index in [4.69, 9.17) is 9.47 Å². The predicted molar refractivity (Wildman–Crippen MR) is 69.3 cm³/mol. The highest BCUT2D eigenvalue weighted by molar-refractivity contribution is 5.73. The Morgan fingerprint density at radius 3 is 2.50 bits per heavy atom. The van der Waals surface area contributed by atoms with Gasteiger partial charge < -0.3 is 14.4 Å². The van der Waals surface area contributed by atoms with Gasteiger partial charge in [0.25, 0.3) is 0 Å². The number of amides is 1. The van der Waals surface area contributed by atoms with Crippen molar-refractivity contribution in [2.24, 2.45) is 0 Å². The van der Waals surface area contributed by atoms with Crippen molar-refractivity contribution in [2.75, 3.05) is 27.8 Å². The summed E-state index contributed by atoms with van der Waals surface area (Å²) in [7, 11) is 5.12. The Labute approximate surface area is 107 Å². The summed E-state index contributed by atoms with van der Waals surface area (Å²) in [6.07, 6.45) is 0.993. The second kappa shape index (κ2) is 4.88. The average Bonchev–Trinajstić information content (AvgIpc) is 2.34. The molecule has 2 rings (SSSR count). The molecule has 0 fully saturated rings. The minimum atomic E-state index is 0.101. The summed E-state index contributed by atoms with van der Waals surface area (Å²) in [6, 6.07) is 4.05. The summed E-state index contributed by atoms with van der Waals surface area (Å²) >= 11 is 0. The van der Waals surface area contributed by atoms with Crippen molar-refractivity contribution in [1.82, 2.24) is 4.90 Å². The van der Waals surface area contributed by atoms with Gasteiger partial charge in [0.15, 0.2) is 11.5 Å². The zero-order valence-electron chi connectivity index (χ0n) is 11.3. The monoisotopic (exact) mass is 249 g/mol. The van der Waals surface area contributed by atoms with Gasteiger partial charge in [0, 0.05) is 26.4 Å². The van der Waals surface area contributed by atoms with Gasteiger partial charge in [0.1, 0.15) is 0 Å². The van der Waals surface area contributed by atoms with E-state index in [0.29, 0.717) is 5.92 Å². The maximum atomic E-state index is 11.2. The summed E-state index contributed by atoms with van der Waals surface area (Å²) in [5.41, 5.74) is 2.55. The topological polar surface area (TPSA) is 38.8 Å². The van der Waals surface area contributed by atoms with Crippen molar-refractivity contribution in [3.05, 3.63) is 23.3 Å². The van der Waals surface area contributed by atoms with Gasteiger partial charge in [0.2, 0.25) is 5.91 Å². The molecule has 4 nitrogen and oxygen atoms in total. The van der Waals surface area contributed by atoms with Gasteiger partial charge in [-0.1, -0.05) is 0 Å². The Balaban J connectivity index is 2.17. The van der Waals surface area contributed by atoms with Gasteiger partial charge in [-0.2, -0.15) is 0 Å². The molecule has 1 aromatic carbocycles. The normalized spacial score (nSPS) is 16.6. The lowest BCUT2D eigenvalue weighted by Gasteiger charge is -2.34. The van der Waals surface area contributed by atoms with Crippen LogP contribution < -0.4 is 9.47 Å². The second-order valence-electron chi connectivity index (χ2n) is 4.71. The van der Waals surface area contributed by atoms with Gasteiger partial charge in [-0.3, -0.25) is 4.79 Å². The fourth-order valence-electron chi connectivity index (χ4n) is 2.36. The molecule has 0 heterocycles. The van der Waals surface area contributed by atoms with Crippen LogP contribution in [0.15, 0.2) is 12.1 Å². The number of hydrogen-bond donors (Lipinski definition) is 0. The second-order valence-corrected chi connectivity index (χ2v) is 4.71. The molecule has 0 unspecified atom stereocenters. The van der Waals surface area contributed by atoms with Crippen molar-refractivity contribution in [1.29, 1.82) is 0 Å². The molecular formula is C14H19NO3. The number of benzene rings is 1. The van der Waals surface area contributed by atoms with Crippen LogP contribution in [0.1, 0.15) is 24.0 Å². The number of fused-ring (bicyclic) bond motifs is 1. The average molecular weight is 249 g/mol. The number of ether oxygens (including phenoxy) is 2. The Morgan fingerprint density at radius 1 is 1.33 bits per heavy atom. The third-order valence-electron chi connectivity index (χ3n) is 3.58. The number of nitrogens with zero attached hydrogens (tertiary/aromatic N) is 1. The maximum absolute atomic E-state index is 11.2. The Hall–Kier alpha value is -1.71. The minimum Gasteiger partial charge on any atom is -0.493 e. The molecule has 0 N–H and O–H groups in total. The van der Waals surface area contributed by atoms with Crippen LogP contribution in [0.3, 0.4) is 0 Å². The Bertz CT molecular complexity index is 470. The summed E-state index contributed by atoms with van der Waals surface area (Å²) < 4.78 is 10.6. The molecule has 0 bridgehead atoms. The van der Waals surface area contributed by atoms with E-state index in [1.165, 1.54) is 11.1 Å². The highest BCUT2D eigenvalue weighted by atomic mass is 16.5. The van der Waals surface area contributed by atoms with E-state index >= 15 is 0 Å². The summed E-state index contributed by atoms with van der Waals surface area (Å²) in [5.74, 6) is 2.04. The highest BCUT2D eigenvalue weighted by Gasteiger charge is 2.29. The van der Waals surface area contributed by atoms with E-state index < -0.39 is 0 Å². The zero-order valence-corrected chi connectivity index (χ0v) is 11.3. The molecule has 1 aromatic rings. The number of methoxy groups -OCH3 is 2. The van der Waals surface area contributed by atoms with E-state index in [0.717, 1.165) is 24.5 Å². The Morgan fingerprint density at radius 2 is 1.94 bits per heavy atom. The summed E-state index contributed by atoms with van der Waals surface area (Å²) in [5, 5.41) is 0. The largest absolute Gasteiger partial charge is 0.493 e. The van der Waals surface area contributed by atoms with Crippen LogP contribution >= 0.6 is 0 Å². The van der Waals surface area contributed by atoms with Crippen molar-refractivity contribution < 1.29 is 14.3 Å². The van der Waals surface area contributed by atoms with Crippen LogP contribution in [0.5, 0.6) is 11.5 Å². The molecule has 1 aliphatic rings. The molecule has 1 amide bonds. The third kappa shape index (κ3) is 2.15. The molecule has 0 aromatic heterocycles. The van der Waals surface area contributed by atoms with E-state index in [2.05, 4.69) is 0 Å². The lowest BCUT2D eigenvalue weighted by Crippen LogP contribution is -2.33. The number of hydrogen-bond acceptors (Lipinski definition) is 3. The molecule has 0 saturated carbocycles. The Kier molecular flexibility index (Phi) is 3.45. The molecule has 0 radical (unpaired) electrons. The predicted octanol–water partition coefficient (Wildman–Crippen LogP) is 1.82. The standard InChI is InChI=1S/C14H19NO3/c1-9(16)15(2)8-11-5-10-6-13(17-3)14(18-4)7-12(10)11/h6-7,11H,5,8H2,1-4H3/t11-/m1/s1. The molecule has 0 saturated heterocycles. The zero-order chi connectivity index (χ0) is 13.3. The van der Waals surface area contributed by atoms with Gasteiger partial charge in [-0.15, -0.1) is 0 Å². The fourth-order valence-corrected chi connectivity index (χ4v) is 2.36. The van der Waals surface area contributed by atoms with Crippen LogP contribution in [0.25, 0.3) is 0 Å². The summed E-state index contributed by atoms with van der Waals surface area (Å²) in [6.45, 7) is 2.35. The van der Waals surface area contributed by atoms with Crippen LogP contribution in [0, 0.1) is 0 Å². The smallest absolute Gasteiger partial charge is 0.219 e. The van der Waals surface area contributed by atoms with E-state index in [1.807, 2.05) is 19.2 Å². The maximum Gasteiger partial charge on any atom is 0.219 e. The first kappa shape index (κ1) is 12.7. The first-order chi connectivity index (χ1) is 8.56. The number of carbonyl (C=O) groups excluding carboxylic acids is 1. The van der Waals surface area contributed by atoms with E-state index in [-0.39, 0.29) is 5.91 Å². The van der Waals surface area contributed by atoms with Crippen LogP contribution in [-0.4, -0.2) is 38.6 Å². The van der Waals surface area contributed by atoms with Crippen LogP contribution in [-0.2, 0) is 11.2 Å². The van der Waals surface area contributed by atoms with Gasteiger partial charge in [0.05, 0.1) is 14.2 Å². The van der Waals surface area contributed by atoms with Crippen molar-refractivity contribution in [2.45, 2.75) is 19.3 Å². The van der Waals surface area contributed by atoms with Gasteiger partial charge in [-0.25, -0.2) is 0 Å². The number of rotatable bonds is 4. The summed E-state index contributed by atoms with van der Waals surface area (Å²) in [4.78, 5) is 13.0. The van der Waals surface area contributed by atoms with Crippen molar-refractivity contribution in [3.8, 4) is 11.5 Å². The van der Waals surface area contributed by atoms with E-state index in [9.17, 15) is 4.79 Å². The highest BCUT2D eigenvalue weighted by Crippen LogP contribution is 2.42. The van der Waals surface area contributed by atoms with Gasteiger partial charge in [-0.05, 0) is 29.7 Å². The van der Waals surface area contributed by atoms with E-state index in [1.54, 1.807) is 26.0 Å². The van der Waals surface area contributed by atoms with Crippen molar-refractivity contribution in [3.63, 3.8) is 0 Å². The molecule has 0 aliphatic heterocycles. The first-order valence-corrected chi connectivity index (χ1v) is 6.03. The fraction of sp³-hybridized carbons (Fsp3) is 0.500. The minimum absolute atomic E-state index is 0.101. The molecule has 0 spiro atoms. The van der Waals surface area contributed by atoms with Gasteiger partial charge >= 0.3 is 0 Å². The van der Waals surface area contributed by atoms with Crippen LogP contribution in [0.2, 0.25) is 0 Å². The molecule has 1 atom stereocenters. The molecule has 1 aliphatic carbocycles. The lowest BCUT2D eigenvalue weighted by molar-refractivity contribution is -0.127. The SMILES string of the molecule is COc1cc2c(cc1OC)[C@@H](CN(C)C(C)=O)C2. The molecule has 4 heteroatoms.